The summed E-state index contributed by atoms with van der Waals surface area (Å²) >= 11 is 0. The molecule has 0 radical (unpaired) electrons. The average Bonchev–Trinajstić information content (AvgIpc) is 2.64. The van der Waals surface area contributed by atoms with E-state index >= 15 is 0 Å². The molecule has 0 amide bonds. The third kappa shape index (κ3) is 1.86. The molecule has 0 aliphatic rings. The summed E-state index contributed by atoms with van der Waals surface area (Å²) in [4.78, 5) is 14.7. The van der Waals surface area contributed by atoms with Gasteiger partial charge in [-0.25, -0.2) is 0 Å². The smallest absolute Gasteiger partial charge is 0.163 e. The largest absolute Gasteiger partial charge is 0.496 e. The Bertz CT molecular complexity index is 600. The van der Waals surface area contributed by atoms with Gasteiger partial charge in [-0.3, -0.25) is 4.79 Å². The fraction of sp³-hybridized carbons (Fsp3) is 0.214. The van der Waals surface area contributed by atoms with Crippen molar-refractivity contribution in [1.29, 1.82) is 0 Å². The van der Waals surface area contributed by atoms with Gasteiger partial charge in [-0.1, -0.05) is 12.1 Å². The number of aryl methyl sites for hydroxylation is 1. The van der Waals surface area contributed by atoms with Crippen LogP contribution in [0.4, 0.5) is 5.69 Å². The summed E-state index contributed by atoms with van der Waals surface area (Å²) < 4.78 is 5.30. The monoisotopic (exact) mass is 244 g/mol. The summed E-state index contributed by atoms with van der Waals surface area (Å²) in [6.45, 7) is 3.35. The molecule has 0 unspecified atom stereocenters. The van der Waals surface area contributed by atoms with E-state index in [0.29, 0.717) is 11.3 Å². The highest BCUT2D eigenvalue weighted by Gasteiger charge is 2.18. The second kappa shape index (κ2) is 4.56. The number of anilines is 1. The number of ketones is 1. The lowest BCUT2D eigenvalue weighted by Crippen LogP contribution is -1.98. The molecule has 0 saturated carbocycles. The fourth-order valence-electron chi connectivity index (χ4n) is 2.16. The number of nitrogens with two attached hydrogens (primary N) is 1. The van der Waals surface area contributed by atoms with Gasteiger partial charge in [-0.2, -0.15) is 0 Å². The van der Waals surface area contributed by atoms with Gasteiger partial charge < -0.3 is 15.5 Å². The van der Waals surface area contributed by atoms with Crippen LogP contribution in [0.15, 0.2) is 24.3 Å². The van der Waals surface area contributed by atoms with Crippen LogP contribution in [-0.4, -0.2) is 17.9 Å². The Labute approximate surface area is 106 Å². The SMILES string of the molecule is COc1ccccc1-c1[nH]c(C)c(C(C)=O)c1N. The molecule has 94 valence electrons. The van der Waals surface area contributed by atoms with E-state index in [1.54, 1.807) is 7.11 Å². The van der Waals surface area contributed by atoms with Gasteiger partial charge in [0.25, 0.3) is 0 Å². The molecule has 0 aliphatic carbocycles. The van der Waals surface area contributed by atoms with E-state index in [0.717, 1.165) is 22.7 Å². The Morgan fingerprint density at radius 1 is 1.33 bits per heavy atom. The van der Waals surface area contributed by atoms with Crippen LogP contribution in [0.3, 0.4) is 0 Å². The second-order valence-electron chi connectivity index (χ2n) is 4.17. The molecule has 0 bridgehead atoms. The summed E-state index contributed by atoms with van der Waals surface area (Å²) in [6, 6.07) is 7.56. The van der Waals surface area contributed by atoms with Gasteiger partial charge in [0.1, 0.15) is 5.75 Å². The third-order valence-electron chi connectivity index (χ3n) is 2.95. The van der Waals surface area contributed by atoms with Crippen LogP contribution in [0.25, 0.3) is 11.3 Å². The maximum atomic E-state index is 11.6. The average molecular weight is 244 g/mol. The second-order valence-corrected chi connectivity index (χ2v) is 4.17. The number of Topliss-reactive ketones (excluding diaryl/α,β-unsaturated/α-hetero) is 1. The fourth-order valence-corrected chi connectivity index (χ4v) is 2.16. The Morgan fingerprint density at radius 3 is 2.56 bits per heavy atom. The van der Waals surface area contributed by atoms with Gasteiger partial charge in [0.15, 0.2) is 5.78 Å². The molecule has 0 saturated heterocycles. The summed E-state index contributed by atoms with van der Waals surface area (Å²) in [5, 5.41) is 0. The van der Waals surface area contributed by atoms with Crippen LogP contribution in [0, 0.1) is 6.92 Å². The molecule has 1 aromatic heterocycles. The minimum absolute atomic E-state index is 0.0394. The molecule has 2 aromatic rings. The van der Waals surface area contributed by atoms with E-state index in [2.05, 4.69) is 4.98 Å². The van der Waals surface area contributed by atoms with E-state index in [-0.39, 0.29) is 5.78 Å². The summed E-state index contributed by atoms with van der Waals surface area (Å²) in [7, 11) is 1.61. The van der Waals surface area contributed by atoms with Crippen LogP contribution in [0.5, 0.6) is 5.75 Å². The van der Waals surface area contributed by atoms with E-state index in [1.807, 2.05) is 31.2 Å². The number of nitrogen functional groups attached to an aromatic ring is 1. The molecular formula is C14H16N2O2. The molecule has 18 heavy (non-hydrogen) atoms. The Morgan fingerprint density at radius 2 is 2.00 bits per heavy atom. The van der Waals surface area contributed by atoms with Gasteiger partial charge in [-0.05, 0) is 26.0 Å². The molecular weight excluding hydrogens is 228 g/mol. The number of hydrogen-bond donors (Lipinski definition) is 2. The van der Waals surface area contributed by atoms with E-state index < -0.39 is 0 Å². The number of rotatable bonds is 3. The van der Waals surface area contributed by atoms with Gasteiger partial charge >= 0.3 is 0 Å². The normalized spacial score (nSPS) is 10.4. The number of methoxy groups -OCH3 is 1. The van der Waals surface area contributed by atoms with Gasteiger partial charge in [0.05, 0.1) is 24.1 Å². The van der Waals surface area contributed by atoms with Crippen molar-refractivity contribution in [3.63, 3.8) is 0 Å². The molecule has 0 atom stereocenters. The zero-order chi connectivity index (χ0) is 13.3. The number of H-pyrrole nitrogens is 1. The zero-order valence-electron chi connectivity index (χ0n) is 10.7. The van der Waals surface area contributed by atoms with Crippen molar-refractivity contribution in [2.24, 2.45) is 0 Å². The van der Waals surface area contributed by atoms with Crippen LogP contribution in [0.1, 0.15) is 23.0 Å². The zero-order valence-corrected chi connectivity index (χ0v) is 10.7. The number of para-hydroxylation sites is 1. The molecule has 3 N–H and O–H groups in total. The van der Waals surface area contributed by atoms with Crippen LogP contribution < -0.4 is 10.5 Å². The number of ether oxygens (including phenoxy) is 1. The predicted octanol–water partition coefficient (Wildman–Crippen LogP) is 2.78. The van der Waals surface area contributed by atoms with Gasteiger partial charge in [0, 0.05) is 11.3 Å². The lowest BCUT2D eigenvalue weighted by Gasteiger charge is -2.07. The van der Waals surface area contributed by atoms with E-state index in [1.165, 1.54) is 6.92 Å². The first-order chi connectivity index (χ1) is 8.56. The van der Waals surface area contributed by atoms with Crippen molar-refractivity contribution >= 4 is 11.5 Å². The van der Waals surface area contributed by atoms with E-state index in [4.69, 9.17) is 10.5 Å². The predicted molar refractivity (Wildman–Crippen MR) is 71.9 cm³/mol. The Kier molecular flexibility index (Phi) is 3.10. The minimum Gasteiger partial charge on any atom is -0.496 e. The number of nitrogens with one attached hydrogen (secondary N) is 1. The van der Waals surface area contributed by atoms with Crippen LogP contribution in [0.2, 0.25) is 0 Å². The van der Waals surface area contributed by atoms with Gasteiger partial charge in [-0.15, -0.1) is 0 Å². The quantitative estimate of drug-likeness (QED) is 0.816. The van der Waals surface area contributed by atoms with Crippen molar-refractivity contribution in [1.82, 2.24) is 4.98 Å². The van der Waals surface area contributed by atoms with Crippen molar-refractivity contribution in [2.75, 3.05) is 12.8 Å². The highest BCUT2D eigenvalue weighted by molar-refractivity contribution is 6.04. The first kappa shape index (κ1) is 12.2. The number of hydrogen-bond acceptors (Lipinski definition) is 3. The Hall–Kier alpha value is -2.23. The molecule has 4 heteroatoms. The van der Waals surface area contributed by atoms with Crippen molar-refractivity contribution in [2.45, 2.75) is 13.8 Å². The molecule has 1 heterocycles. The first-order valence-corrected chi connectivity index (χ1v) is 5.68. The maximum absolute atomic E-state index is 11.6. The standard InChI is InChI=1S/C14H16N2O2/c1-8-12(9(2)17)13(15)14(16-8)10-6-4-5-7-11(10)18-3/h4-7,16H,15H2,1-3H3. The molecule has 1 aromatic carbocycles. The van der Waals surface area contributed by atoms with Gasteiger partial charge in [0.2, 0.25) is 0 Å². The third-order valence-corrected chi connectivity index (χ3v) is 2.95. The van der Waals surface area contributed by atoms with E-state index in [9.17, 15) is 4.79 Å². The number of aromatic amines is 1. The first-order valence-electron chi connectivity index (χ1n) is 5.68. The molecule has 0 spiro atoms. The summed E-state index contributed by atoms with van der Waals surface area (Å²) in [5.41, 5.74) is 9.45. The molecule has 2 rings (SSSR count). The number of benzene rings is 1. The summed E-state index contributed by atoms with van der Waals surface area (Å²) in [5.74, 6) is 0.683. The minimum atomic E-state index is -0.0394. The lowest BCUT2D eigenvalue weighted by molar-refractivity contribution is 0.101. The topological polar surface area (TPSA) is 68.1 Å². The number of carbonyl (C=O) groups is 1. The van der Waals surface area contributed by atoms with Crippen LogP contribution >= 0.6 is 0 Å². The van der Waals surface area contributed by atoms with Crippen molar-refractivity contribution in [3.8, 4) is 17.0 Å². The summed E-state index contributed by atoms with van der Waals surface area (Å²) in [6.07, 6.45) is 0. The highest BCUT2D eigenvalue weighted by Crippen LogP contribution is 2.35. The Balaban J connectivity index is 2.65. The van der Waals surface area contributed by atoms with Crippen molar-refractivity contribution < 1.29 is 9.53 Å². The maximum Gasteiger partial charge on any atom is 0.163 e. The number of carbonyl (C=O) groups excluding carboxylic acids is 1. The molecule has 0 aliphatic heterocycles. The number of aromatic nitrogens is 1. The molecule has 0 fully saturated rings. The highest BCUT2D eigenvalue weighted by atomic mass is 16.5. The molecule has 4 nitrogen and oxygen atoms in total. The lowest BCUT2D eigenvalue weighted by atomic mass is 10.1. The van der Waals surface area contributed by atoms with Crippen molar-refractivity contribution in [3.05, 3.63) is 35.5 Å². The van der Waals surface area contributed by atoms with Crippen LogP contribution in [-0.2, 0) is 0 Å².